The van der Waals surface area contributed by atoms with E-state index in [0.29, 0.717) is 11.3 Å². The number of hydrogen-bond donors (Lipinski definition) is 0. The second kappa shape index (κ2) is 6.51. The summed E-state index contributed by atoms with van der Waals surface area (Å²) < 4.78 is 7.87. The summed E-state index contributed by atoms with van der Waals surface area (Å²) in [4.78, 5) is 25.0. The Balaban J connectivity index is 1.96. The summed E-state index contributed by atoms with van der Waals surface area (Å²) >= 11 is 3.47. The molecule has 1 aromatic carbocycles. The van der Waals surface area contributed by atoms with Crippen molar-refractivity contribution in [1.29, 1.82) is 0 Å². The zero-order chi connectivity index (χ0) is 17.4. The first-order chi connectivity index (χ1) is 11.4. The monoisotopic (exact) mass is 390 g/mol. The van der Waals surface area contributed by atoms with E-state index in [1.54, 1.807) is 20.9 Å². The van der Waals surface area contributed by atoms with Crippen molar-refractivity contribution in [3.05, 3.63) is 61.0 Å². The molecule has 24 heavy (non-hydrogen) atoms. The Labute approximate surface area is 148 Å². The first-order valence-electron chi connectivity index (χ1n) is 7.92. The third kappa shape index (κ3) is 3.02. The van der Waals surface area contributed by atoms with Crippen LogP contribution in [0.3, 0.4) is 0 Å². The molecule has 0 N–H and O–H groups in total. The molecule has 1 aromatic heterocycles. The summed E-state index contributed by atoms with van der Waals surface area (Å²) in [6.07, 6.45) is 2.37. The van der Waals surface area contributed by atoms with E-state index < -0.39 is 11.5 Å². The molecule has 6 heteroatoms. The molecular formula is C18H19BrN2O3. The highest BCUT2D eigenvalue weighted by Gasteiger charge is 2.27. The smallest absolute Gasteiger partial charge is 0.344 e. The molecule has 0 bridgehead atoms. The summed E-state index contributed by atoms with van der Waals surface area (Å²) in [6.45, 7) is 3.50. The van der Waals surface area contributed by atoms with Gasteiger partial charge in [0.15, 0.2) is 0 Å². The fourth-order valence-electron chi connectivity index (χ4n) is 3.13. The Morgan fingerprint density at radius 1 is 1.38 bits per heavy atom. The van der Waals surface area contributed by atoms with Crippen LogP contribution in [0.2, 0.25) is 0 Å². The third-order valence-electron chi connectivity index (χ3n) is 4.55. The van der Waals surface area contributed by atoms with Crippen molar-refractivity contribution < 1.29 is 9.53 Å². The molecule has 1 atom stereocenters. The summed E-state index contributed by atoms with van der Waals surface area (Å²) in [5.74, 6) is -0.573. The van der Waals surface area contributed by atoms with Crippen molar-refractivity contribution in [3.8, 4) is 0 Å². The van der Waals surface area contributed by atoms with Crippen LogP contribution in [-0.2, 0) is 18.2 Å². The van der Waals surface area contributed by atoms with Crippen LogP contribution in [0.25, 0.3) is 0 Å². The van der Waals surface area contributed by atoms with Crippen molar-refractivity contribution in [1.82, 2.24) is 9.78 Å². The molecular weight excluding hydrogens is 372 g/mol. The van der Waals surface area contributed by atoms with Crippen LogP contribution >= 0.6 is 15.9 Å². The predicted molar refractivity (Wildman–Crippen MR) is 94.2 cm³/mol. The van der Waals surface area contributed by atoms with Gasteiger partial charge in [0.25, 0.3) is 5.56 Å². The van der Waals surface area contributed by atoms with E-state index in [0.717, 1.165) is 29.3 Å². The molecule has 0 aliphatic heterocycles. The molecule has 126 valence electrons. The second-order valence-corrected chi connectivity index (χ2v) is 7.06. The van der Waals surface area contributed by atoms with Crippen molar-refractivity contribution in [2.24, 2.45) is 7.05 Å². The number of aryl methyl sites for hydroxylation is 3. The van der Waals surface area contributed by atoms with Gasteiger partial charge in [-0.05, 0) is 61.9 Å². The molecule has 3 rings (SSSR count). The highest BCUT2D eigenvalue weighted by molar-refractivity contribution is 9.10. The van der Waals surface area contributed by atoms with Crippen LogP contribution in [0.4, 0.5) is 0 Å². The van der Waals surface area contributed by atoms with E-state index in [2.05, 4.69) is 27.1 Å². The van der Waals surface area contributed by atoms with E-state index in [-0.39, 0.29) is 11.7 Å². The summed E-state index contributed by atoms with van der Waals surface area (Å²) in [5.41, 5.74) is 3.09. The Morgan fingerprint density at radius 3 is 2.88 bits per heavy atom. The molecule has 0 radical (unpaired) electrons. The molecule has 1 aliphatic carbocycles. The van der Waals surface area contributed by atoms with Gasteiger partial charge in [-0.25, -0.2) is 9.48 Å². The van der Waals surface area contributed by atoms with Gasteiger partial charge in [0, 0.05) is 11.5 Å². The zero-order valence-corrected chi connectivity index (χ0v) is 15.5. The molecule has 0 fully saturated rings. The number of esters is 1. The number of aromatic nitrogens is 2. The predicted octanol–water partition coefficient (Wildman–Crippen LogP) is 3.39. The molecule has 0 saturated carbocycles. The number of fused-ring (bicyclic) bond motifs is 1. The van der Waals surface area contributed by atoms with Crippen molar-refractivity contribution in [3.63, 3.8) is 0 Å². The maximum atomic E-state index is 12.7. The van der Waals surface area contributed by atoms with Gasteiger partial charge in [0.1, 0.15) is 11.7 Å². The average molecular weight is 391 g/mol. The summed E-state index contributed by atoms with van der Waals surface area (Å²) in [7, 11) is 1.54. The third-order valence-corrected chi connectivity index (χ3v) is 5.04. The standard InChI is InChI=1S/C18H19BrN2O3/c1-10-11(2)20-21(3)17(22)16(10)18(23)24-15-6-4-5-12-7-8-13(19)9-14(12)15/h7-9,15H,4-6H2,1-3H3. The SMILES string of the molecule is Cc1nn(C)c(=O)c(C(=O)OC2CCCc3ccc(Br)cc32)c1C. The fourth-order valence-corrected chi connectivity index (χ4v) is 3.50. The van der Waals surface area contributed by atoms with Gasteiger partial charge in [0.05, 0.1) is 5.69 Å². The van der Waals surface area contributed by atoms with Gasteiger partial charge in [0.2, 0.25) is 0 Å². The van der Waals surface area contributed by atoms with Crippen LogP contribution in [0.15, 0.2) is 27.5 Å². The molecule has 5 nitrogen and oxygen atoms in total. The Bertz CT molecular complexity index is 873. The van der Waals surface area contributed by atoms with E-state index in [9.17, 15) is 9.59 Å². The average Bonchev–Trinajstić information content (AvgIpc) is 2.54. The first-order valence-corrected chi connectivity index (χ1v) is 8.71. The van der Waals surface area contributed by atoms with Crippen LogP contribution in [0, 0.1) is 13.8 Å². The van der Waals surface area contributed by atoms with Crippen LogP contribution in [0.5, 0.6) is 0 Å². The number of carbonyl (C=O) groups is 1. The van der Waals surface area contributed by atoms with Gasteiger partial charge in [-0.15, -0.1) is 0 Å². The molecule has 2 aromatic rings. The molecule has 1 aliphatic rings. The number of hydrogen-bond acceptors (Lipinski definition) is 4. The van der Waals surface area contributed by atoms with E-state index in [4.69, 9.17) is 4.74 Å². The molecule has 1 heterocycles. The minimum Gasteiger partial charge on any atom is -0.454 e. The van der Waals surface area contributed by atoms with Gasteiger partial charge < -0.3 is 4.74 Å². The van der Waals surface area contributed by atoms with Gasteiger partial charge in [-0.3, -0.25) is 4.79 Å². The highest BCUT2D eigenvalue weighted by Crippen LogP contribution is 2.34. The Morgan fingerprint density at radius 2 is 2.12 bits per heavy atom. The maximum absolute atomic E-state index is 12.7. The van der Waals surface area contributed by atoms with Gasteiger partial charge in [-0.2, -0.15) is 5.10 Å². The number of nitrogens with zero attached hydrogens (tertiary/aromatic N) is 2. The topological polar surface area (TPSA) is 61.2 Å². The summed E-state index contributed by atoms with van der Waals surface area (Å²) in [6, 6.07) is 6.05. The largest absolute Gasteiger partial charge is 0.454 e. The number of ether oxygens (including phenoxy) is 1. The van der Waals surface area contributed by atoms with Crippen LogP contribution in [0.1, 0.15) is 51.7 Å². The van der Waals surface area contributed by atoms with E-state index in [1.807, 2.05) is 12.1 Å². The number of halogens is 1. The van der Waals surface area contributed by atoms with Crippen molar-refractivity contribution in [2.45, 2.75) is 39.2 Å². The molecule has 0 amide bonds. The minimum absolute atomic E-state index is 0.0760. The lowest BCUT2D eigenvalue weighted by Crippen LogP contribution is -2.30. The fraction of sp³-hybridized carbons (Fsp3) is 0.389. The van der Waals surface area contributed by atoms with Crippen molar-refractivity contribution >= 4 is 21.9 Å². The number of rotatable bonds is 2. The second-order valence-electron chi connectivity index (χ2n) is 6.14. The van der Waals surface area contributed by atoms with Crippen LogP contribution < -0.4 is 5.56 Å². The highest BCUT2D eigenvalue weighted by atomic mass is 79.9. The lowest BCUT2D eigenvalue weighted by Gasteiger charge is -2.26. The first kappa shape index (κ1) is 16.9. The zero-order valence-electron chi connectivity index (χ0n) is 13.9. The molecule has 0 spiro atoms. The van der Waals surface area contributed by atoms with Gasteiger partial charge >= 0.3 is 5.97 Å². The van der Waals surface area contributed by atoms with Gasteiger partial charge in [-0.1, -0.05) is 22.0 Å². The van der Waals surface area contributed by atoms with E-state index in [1.165, 1.54) is 10.2 Å². The number of benzene rings is 1. The van der Waals surface area contributed by atoms with E-state index >= 15 is 0 Å². The minimum atomic E-state index is -0.573. The Kier molecular flexibility index (Phi) is 4.58. The quantitative estimate of drug-likeness (QED) is 0.737. The lowest BCUT2D eigenvalue weighted by molar-refractivity contribution is 0.0252. The Hall–Kier alpha value is -1.95. The van der Waals surface area contributed by atoms with Crippen LogP contribution in [-0.4, -0.2) is 15.7 Å². The van der Waals surface area contributed by atoms with Crippen molar-refractivity contribution in [2.75, 3.05) is 0 Å². The number of carbonyl (C=O) groups excluding carboxylic acids is 1. The normalized spacial score (nSPS) is 16.6. The lowest BCUT2D eigenvalue weighted by atomic mass is 9.89. The summed E-state index contributed by atoms with van der Waals surface area (Å²) in [5, 5.41) is 4.10. The molecule has 1 unspecified atom stereocenters. The maximum Gasteiger partial charge on any atom is 0.344 e. The molecule has 0 saturated heterocycles.